The minimum Gasteiger partial charge on any atom is -0.495 e. The highest BCUT2D eigenvalue weighted by Crippen LogP contribution is 2.26. The first-order valence-electron chi connectivity index (χ1n) is 6.70. The average molecular weight is 305 g/mol. The van der Waals surface area contributed by atoms with Crippen LogP contribution in [0.1, 0.15) is 13.8 Å². The SMILES string of the molecule is COc1ccccc1-n1ccnc1SCC(=O)NC(C)C. The number of amides is 1. The number of nitrogens with zero attached hydrogens (tertiary/aromatic N) is 2. The van der Waals surface area contributed by atoms with Crippen molar-refractivity contribution in [1.82, 2.24) is 14.9 Å². The van der Waals surface area contributed by atoms with Gasteiger partial charge >= 0.3 is 0 Å². The number of methoxy groups -OCH3 is 1. The van der Waals surface area contributed by atoms with Gasteiger partial charge in [0, 0.05) is 18.4 Å². The summed E-state index contributed by atoms with van der Waals surface area (Å²) >= 11 is 1.40. The molecule has 0 unspecified atom stereocenters. The molecule has 1 amide bonds. The fraction of sp³-hybridized carbons (Fsp3) is 0.333. The van der Waals surface area contributed by atoms with Gasteiger partial charge in [0.1, 0.15) is 5.75 Å². The highest BCUT2D eigenvalue weighted by Gasteiger charge is 2.12. The minimum absolute atomic E-state index is 0.00424. The molecule has 2 aromatic rings. The molecule has 21 heavy (non-hydrogen) atoms. The maximum absolute atomic E-state index is 11.7. The lowest BCUT2D eigenvalue weighted by atomic mass is 10.3. The predicted molar refractivity (Wildman–Crippen MR) is 84.1 cm³/mol. The van der Waals surface area contributed by atoms with Crippen molar-refractivity contribution in [3.8, 4) is 11.4 Å². The van der Waals surface area contributed by atoms with Gasteiger partial charge in [0.25, 0.3) is 0 Å². The van der Waals surface area contributed by atoms with E-state index >= 15 is 0 Å². The Bertz CT molecular complexity index is 610. The van der Waals surface area contributed by atoms with Crippen molar-refractivity contribution in [1.29, 1.82) is 0 Å². The van der Waals surface area contributed by atoms with Gasteiger partial charge in [0.2, 0.25) is 5.91 Å². The van der Waals surface area contributed by atoms with E-state index in [1.54, 1.807) is 13.3 Å². The van der Waals surface area contributed by atoms with Crippen molar-refractivity contribution in [3.63, 3.8) is 0 Å². The summed E-state index contributed by atoms with van der Waals surface area (Å²) in [6, 6.07) is 7.86. The molecule has 0 spiro atoms. The van der Waals surface area contributed by atoms with Crippen molar-refractivity contribution < 1.29 is 9.53 Å². The summed E-state index contributed by atoms with van der Waals surface area (Å²) in [4.78, 5) is 16.0. The number of rotatable bonds is 6. The van der Waals surface area contributed by atoms with Crippen molar-refractivity contribution >= 4 is 17.7 Å². The molecule has 6 heteroatoms. The molecular formula is C15H19N3O2S. The monoisotopic (exact) mass is 305 g/mol. The van der Waals surface area contributed by atoms with Crippen molar-refractivity contribution in [2.45, 2.75) is 25.0 Å². The van der Waals surface area contributed by atoms with Gasteiger partial charge in [-0.1, -0.05) is 23.9 Å². The normalized spacial score (nSPS) is 10.7. The molecule has 1 heterocycles. The summed E-state index contributed by atoms with van der Waals surface area (Å²) in [5.74, 6) is 1.11. The standard InChI is InChI=1S/C15H19N3O2S/c1-11(2)17-14(19)10-21-15-16-8-9-18(15)12-6-4-5-7-13(12)20-3/h4-9,11H,10H2,1-3H3,(H,17,19). The molecule has 1 N–H and O–H groups in total. The van der Waals surface area contributed by atoms with E-state index in [1.807, 2.05) is 48.9 Å². The van der Waals surface area contributed by atoms with Crippen LogP contribution in [0, 0.1) is 0 Å². The summed E-state index contributed by atoms with van der Waals surface area (Å²) < 4.78 is 7.29. The van der Waals surface area contributed by atoms with Crippen LogP contribution in [0.4, 0.5) is 0 Å². The third-order valence-electron chi connectivity index (χ3n) is 2.73. The van der Waals surface area contributed by atoms with Crippen LogP contribution >= 0.6 is 11.8 Å². The molecule has 5 nitrogen and oxygen atoms in total. The second kappa shape index (κ2) is 7.17. The number of benzene rings is 1. The summed E-state index contributed by atoms with van der Waals surface area (Å²) in [7, 11) is 1.64. The highest BCUT2D eigenvalue weighted by molar-refractivity contribution is 7.99. The number of nitrogens with one attached hydrogen (secondary N) is 1. The van der Waals surface area contributed by atoms with E-state index in [4.69, 9.17) is 4.74 Å². The second-order valence-corrected chi connectivity index (χ2v) is 5.71. The first-order valence-corrected chi connectivity index (χ1v) is 7.69. The van der Waals surface area contributed by atoms with Crippen LogP contribution in [0.2, 0.25) is 0 Å². The van der Waals surface area contributed by atoms with E-state index in [0.29, 0.717) is 5.75 Å². The van der Waals surface area contributed by atoms with E-state index < -0.39 is 0 Å². The zero-order valence-electron chi connectivity index (χ0n) is 12.4. The molecule has 0 atom stereocenters. The van der Waals surface area contributed by atoms with Crippen LogP contribution in [0.3, 0.4) is 0 Å². The smallest absolute Gasteiger partial charge is 0.230 e. The van der Waals surface area contributed by atoms with Crippen LogP contribution in [0.5, 0.6) is 5.75 Å². The van der Waals surface area contributed by atoms with Gasteiger partial charge in [-0.3, -0.25) is 9.36 Å². The quantitative estimate of drug-likeness (QED) is 0.833. The molecule has 0 radical (unpaired) electrons. The maximum atomic E-state index is 11.7. The van der Waals surface area contributed by atoms with Crippen molar-refractivity contribution in [3.05, 3.63) is 36.7 Å². The molecule has 0 aliphatic carbocycles. The number of hydrogen-bond donors (Lipinski definition) is 1. The van der Waals surface area contributed by atoms with Crippen LogP contribution in [0.15, 0.2) is 41.8 Å². The molecule has 0 aliphatic rings. The summed E-state index contributed by atoms with van der Waals surface area (Å²) in [5, 5.41) is 3.63. The average Bonchev–Trinajstić information content (AvgIpc) is 2.92. The molecule has 0 bridgehead atoms. The molecular weight excluding hydrogens is 286 g/mol. The lowest BCUT2D eigenvalue weighted by molar-refractivity contribution is -0.119. The van der Waals surface area contributed by atoms with Gasteiger partial charge in [-0.05, 0) is 26.0 Å². The number of hydrogen-bond acceptors (Lipinski definition) is 4. The second-order valence-electron chi connectivity index (χ2n) is 4.76. The van der Waals surface area contributed by atoms with Gasteiger partial charge in [0.15, 0.2) is 5.16 Å². The van der Waals surface area contributed by atoms with E-state index in [0.717, 1.165) is 16.6 Å². The number of imidazole rings is 1. The Morgan fingerprint density at radius 2 is 2.19 bits per heavy atom. The van der Waals surface area contributed by atoms with Gasteiger partial charge in [0.05, 0.1) is 18.6 Å². The first-order chi connectivity index (χ1) is 10.1. The third kappa shape index (κ3) is 4.01. The lowest BCUT2D eigenvalue weighted by Gasteiger charge is -2.12. The molecule has 0 fully saturated rings. The Morgan fingerprint density at radius 3 is 2.90 bits per heavy atom. The maximum Gasteiger partial charge on any atom is 0.230 e. The van der Waals surface area contributed by atoms with Crippen molar-refractivity contribution in [2.75, 3.05) is 12.9 Å². The highest BCUT2D eigenvalue weighted by atomic mass is 32.2. The molecule has 1 aromatic carbocycles. The van der Waals surface area contributed by atoms with Crippen LogP contribution < -0.4 is 10.1 Å². The molecule has 112 valence electrons. The topological polar surface area (TPSA) is 56.2 Å². The molecule has 0 aliphatic heterocycles. The van der Waals surface area contributed by atoms with E-state index in [9.17, 15) is 4.79 Å². The van der Waals surface area contributed by atoms with Crippen molar-refractivity contribution in [2.24, 2.45) is 0 Å². The van der Waals surface area contributed by atoms with E-state index in [2.05, 4.69) is 10.3 Å². The van der Waals surface area contributed by atoms with Crippen LogP contribution in [-0.4, -0.2) is 34.4 Å². The Morgan fingerprint density at radius 1 is 1.43 bits per heavy atom. The van der Waals surface area contributed by atoms with Gasteiger partial charge < -0.3 is 10.1 Å². The van der Waals surface area contributed by atoms with E-state index in [-0.39, 0.29) is 11.9 Å². The third-order valence-corrected chi connectivity index (χ3v) is 3.70. The fourth-order valence-corrected chi connectivity index (χ4v) is 2.68. The Hall–Kier alpha value is -1.95. The Kier molecular flexibility index (Phi) is 5.27. The summed E-state index contributed by atoms with van der Waals surface area (Å²) in [6.07, 6.45) is 3.58. The largest absolute Gasteiger partial charge is 0.495 e. The van der Waals surface area contributed by atoms with Crippen LogP contribution in [0.25, 0.3) is 5.69 Å². The minimum atomic E-state index is 0.00424. The van der Waals surface area contributed by atoms with Gasteiger partial charge in [-0.25, -0.2) is 4.98 Å². The predicted octanol–water partition coefficient (Wildman–Crippen LogP) is 2.50. The number of carbonyl (C=O) groups excluding carboxylic acids is 1. The molecule has 1 aromatic heterocycles. The number of thioether (sulfide) groups is 1. The van der Waals surface area contributed by atoms with E-state index in [1.165, 1.54) is 11.8 Å². The first kappa shape index (κ1) is 15.4. The number of ether oxygens (including phenoxy) is 1. The number of para-hydroxylation sites is 2. The zero-order valence-corrected chi connectivity index (χ0v) is 13.2. The fourth-order valence-electron chi connectivity index (χ4n) is 1.90. The number of carbonyl (C=O) groups is 1. The zero-order chi connectivity index (χ0) is 15.2. The molecule has 0 saturated carbocycles. The Balaban J connectivity index is 2.14. The summed E-state index contributed by atoms with van der Waals surface area (Å²) in [6.45, 7) is 3.89. The summed E-state index contributed by atoms with van der Waals surface area (Å²) in [5.41, 5.74) is 0.907. The lowest BCUT2D eigenvalue weighted by Crippen LogP contribution is -2.31. The van der Waals surface area contributed by atoms with Gasteiger partial charge in [-0.15, -0.1) is 0 Å². The number of aromatic nitrogens is 2. The Labute approximate surface area is 128 Å². The van der Waals surface area contributed by atoms with Gasteiger partial charge in [-0.2, -0.15) is 0 Å². The molecule has 2 rings (SSSR count). The van der Waals surface area contributed by atoms with Crippen LogP contribution in [-0.2, 0) is 4.79 Å². The molecule has 0 saturated heterocycles.